The SMILES string of the molecule is CC(C)c1cnc(NC(=O)c2ccccn2)s1. The van der Waals surface area contributed by atoms with Gasteiger partial charge in [0.15, 0.2) is 5.13 Å². The van der Waals surface area contributed by atoms with Crippen LogP contribution in [0.25, 0.3) is 0 Å². The van der Waals surface area contributed by atoms with E-state index in [1.54, 1.807) is 30.6 Å². The highest BCUT2D eigenvalue weighted by molar-refractivity contribution is 7.15. The van der Waals surface area contributed by atoms with Crippen LogP contribution < -0.4 is 5.32 Å². The Balaban J connectivity index is 2.08. The molecule has 0 bridgehead atoms. The third-order valence-corrected chi connectivity index (χ3v) is 3.42. The molecule has 2 heterocycles. The molecule has 0 radical (unpaired) electrons. The Kier molecular flexibility index (Phi) is 3.49. The molecule has 88 valence electrons. The highest BCUT2D eigenvalue weighted by Gasteiger charge is 2.10. The number of nitrogens with zero attached hydrogens (tertiary/aromatic N) is 2. The standard InChI is InChI=1S/C12H13N3OS/c1-8(2)10-7-14-12(17-10)15-11(16)9-5-3-4-6-13-9/h3-8H,1-2H3,(H,14,15,16). The van der Waals surface area contributed by atoms with Crippen LogP contribution in [0, 0.1) is 0 Å². The second kappa shape index (κ2) is 5.05. The molecule has 0 spiro atoms. The van der Waals surface area contributed by atoms with Crippen molar-refractivity contribution in [2.75, 3.05) is 5.32 Å². The number of nitrogens with one attached hydrogen (secondary N) is 1. The molecule has 0 aliphatic heterocycles. The van der Waals surface area contributed by atoms with Crippen LogP contribution in [0.1, 0.15) is 35.1 Å². The topological polar surface area (TPSA) is 54.9 Å². The average molecular weight is 247 g/mol. The second-order valence-corrected chi connectivity index (χ2v) is 4.95. The molecular weight excluding hydrogens is 234 g/mol. The number of hydrogen-bond donors (Lipinski definition) is 1. The van der Waals surface area contributed by atoms with Gasteiger partial charge in [-0.15, -0.1) is 11.3 Å². The van der Waals surface area contributed by atoms with E-state index in [0.29, 0.717) is 16.7 Å². The van der Waals surface area contributed by atoms with Gasteiger partial charge in [0.25, 0.3) is 5.91 Å². The maximum atomic E-state index is 11.8. The van der Waals surface area contributed by atoms with E-state index in [-0.39, 0.29) is 5.91 Å². The summed E-state index contributed by atoms with van der Waals surface area (Å²) in [4.78, 5) is 21.1. The highest BCUT2D eigenvalue weighted by atomic mass is 32.1. The average Bonchev–Trinajstić information content (AvgIpc) is 2.79. The maximum absolute atomic E-state index is 11.8. The molecular formula is C12H13N3OS. The van der Waals surface area contributed by atoms with Gasteiger partial charge in [-0.1, -0.05) is 19.9 Å². The molecule has 0 aliphatic carbocycles. The summed E-state index contributed by atoms with van der Waals surface area (Å²) in [6.07, 6.45) is 3.39. The summed E-state index contributed by atoms with van der Waals surface area (Å²) in [6, 6.07) is 5.23. The first-order chi connectivity index (χ1) is 8.16. The number of hydrogen-bond acceptors (Lipinski definition) is 4. The lowest BCUT2D eigenvalue weighted by atomic mass is 10.2. The minimum atomic E-state index is -0.227. The monoisotopic (exact) mass is 247 g/mol. The second-order valence-electron chi connectivity index (χ2n) is 3.89. The summed E-state index contributed by atoms with van der Waals surface area (Å²) >= 11 is 1.49. The molecule has 2 aromatic heterocycles. The number of pyridine rings is 1. The normalized spacial score (nSPS) is 10.5. The molecule has 0 unspecified atom stereocenters. The molecule has 0 aliphatic rings. The largest absolute Gasteiger partial charge is 0.296 e. The van der Waals surface area contributed by atoms with Crippen LogP contribution in [0.15, 0.2) is 30.6 Å². The number of amides is 1. The minimum absolute atomic E-state index is 0.227. The van der Waals surface area contributed by atoms with Gasteiger partial charge in [0, 0.05) is 17.3 Å². The highest BCUT2D eigenvalue weighted by Crippen LogP contribution is 2.25. The molecule has 0 saturated carbocycles. The van der Waals surface area contributed by atoms with Crippen molar-refractivity contribution in [1.82, 2.24) is 9.97 Å². The van der Waals surface area contributed by atoms with E-state index in [1.807, 2.05) is 0 Å². The lowest BCUT2D eigenvalue weighted by molar-refractivity contribution is 0.102. The molecule has 0 aromatic carbocycles. The molecule has 17 heavy (non-hydrogen) atoms. The number of rotatable bonds is 3. The fourth-order valence-electron chi connectivity index (χ4n) is 1.27. The third kappa shape index (κ3) is 2.88. The van der Waals surface area contributed by atoms with E-state index in [1.165, 1.54) is 11.3 Å². The first kappa shape index (κ1) is 11.7. The van der Waals surface area contributed by atoms with Crippen molar-refractivity contribution < 1.29 is 4.79 Å². The van der Waals surface area contributed by atoms with Gasteiger partial charge in [-0.05, 0) is 18.1 Å². The smallest absolute Gasteiger partial charge is 0.276 e. The fraction of sp³-hybridized carbons (Fsp3) is 0.250. The van der Waals surface area contributed by atoms with Crippen molar-refractivity contribution in [2.24, 2.45) is 0 Å². The summed E-state index contributed by atoms with van der Waals surface area (Å²) in [5.41, 5.74) is 0.397. The van der Waals surface area contributed by atoms with Crippen LogP contribution in [-0.4, -0.2) is 15.9 Å². The van der Waals surface area contributed by atoms with Crippen LogP contribution >= 0.6 is 11.3 Å². The molecule has 0 saturated heterocycles. The number of carbonyl (C=O) groups excluding carboxylic acids is 1. The molecule has 2 rings (SSSR count). The van der Waals surface area contributed by atoms with Gasteiger partial charge >= 0.3 is 0 Å². The molecule has 1 N–H and O–H groups in total. The Morgan fingerprint density at radius 3 is 2.76 bits per heavy atom. The zero-order valence-corrected chi connectivity index (χ0v) is 10.5. The Labute approximate surface area is 104 Å². The summed E-state index contributed by atoms with van der Waals surface area (Å²) in [6.45, 7) is 4.19. The van der Waals surface area contributed by atoms with Crippen molar-refractivity contribution in [2.45, 2.75) is 19.8 Å². The van der Waals surface area contributed by atoms with Crippen molar-refractivity contribution in [3.8, 4) is 0 Å². The van der Waals surface area contributed by atoms with Gasteiger partial charge in [-0.2, -0.15) is 0 Å². The molecule has 0 fully saturated rings. The van der Waals surface area contributed by atoms with Crippen LogP contribution in [0.5, 0.6) is 0 Å². The lowest BCUT2D eigenvalue weighted by Gasteiger charge is -2.00. The van der Waals surface area contributed by atoms with Gasteiger partial charge in [-0.25, -0.2) is 4.98 Å². The van der Waals surface area contributed by atoms with E-state index in [9.17, 15) is 4.79 Å². The number of aromatic nitrogens is 2. The van der Waals surface area contributed by atoms with E-state index in [2.05, 4.69) is 29.1 Å². The van der Waals surface area contributed by atoms with Gasteiger partial charge in [0.05, 0.1) is 0 Å². The van der Waals surface area contributed by atoms with Crippen LogP contribution in [-0.2, 0) is 0 Å². The predicted molar refractivity (Wildman–Crippen MR) is 68.4 cm³/mol. The van der Waals surface area contributed by atoms with Gasteiger partial charge in [0.2, 0.25) is 0 Å². The summed E-state index contributed by atoms with van der Waals surface area (Å²) < 4.78 is 0. The Morgan fingerprint density at radius 2 is 2.18 bits per heavy atom. The Bertz CT molecular complexity index is 507. The molecule has 0 atom stereocenters. The Hall–Kier alpha value is -1.75. The van der Waals surface area contributed by atoms with Crippen LogP contribution in [0.2, 0.25) is 0 Å². The van der Waals surface area contributed by atoms with Crippen molar-refractivity contribution in [3.05, 3.63) is 41.2 Å². The molecule has 2 aromatic rings. The summed E-state index contributed by atoms with van der Waals surface area (Å²) in [5.74, 6) is 0.197. The Morgan fingerprint density at radius 1 is 1.35 bits per heavy atom. The van der Waals surface area contributed by atoms with E-state index in [0.717, 1.165) is 4.88 Å². The first-order valence-corrected chi connectivity index (χ1v) is 6.16. The van der Waals surface area contributed by atoms with E-state index >= 15 is 0 Å². The fourth-order valence-corrected chi connectivity index (χ4v) is 2.08. The lowest BCUT2D eigenvalue weighted by Crippen LogP contribution is -2.12. The van der Waals surface area contributed by atoms with E-state index in [4.69, 9.17) is 0 Å². The zero-order chi connectivity index (χ0) is 12.3. The zero-order valence-electron chi connectivity index (χ0n) is 9.68. The minimum Gasteiger partial charge on any atom is -0.296 e. The first-order valence-electron chi connectivity index (χ1n) is 5.35. The number of anilines is 1. The van der Waals surface area contributed by atoms with Crippen molar-refractivity contribution >= 4 is 22.4 Å². The van der Waals surface area contributed by atoms with Gasteiger partial charge < -0.3 is 0 Å². The number of thiazole rings is 1. The third-order valence-electron chi connectivity index (χ3n) is 2.21. The summed E-state index contributed by atoms with van der Waals surface area (Å²) in [7, 11) is 0. The van der Waals surface area contributed by atoms with Crippen LogP contribution in [0.3, 0.4) is 0 Å². The maximum Gasteiger partial charge on any atom is 0.276 e. The van der Waals surface area contributed by atoms with E-state index < -0.39 is 0 Å². The molecule has 1 amide bonds. The van der Waals surface area contributed by atoms with Crippen molar-refractivity contribution in [1.29, 1.82) is 0 Å². The number of carbonyl (C=O) groups is 1. The van der Waals surface area contributed by atoms with Gasteiger partial charge in [-0.3, -0.25) is 15.1 Å². The molecule has 5 heteroatoms. The predicted octanol–water partition coefficient (Wildman–Crippen LogP) is 2.91. The quantitative estimate of drug-likeness (QED) is 0.907. The van der Waals surface area contributed by atoms with Crippen molar-refractivity contribution in [3.63, 3.8) is 0 Å². The summed E-state index contributed by atoms with van der Waals surface area (Å²) in [5, 5.41) is 3.35. The molecule has 4 nitrogen and oxygen atoms in total. The van der Waals surface area contributed by atoms with Crippen LogP contribution in [0.4, 0.5) is 5.13 Å². The van der Waals surface area contributed by atoms with Gasteiger partial charge in [0.1, 0.15) is 5.69 Å².